The maximum Gasteiger partial charge on any atom is 0.0881 e. The van der Waals surface area contributed by atoms with Crippen molar-refractivity contribution in [3.05, 3.63) is 12.2 Å². The fourth-order valence-corrected chi connectivity index (χ4v) is 2.01. The van der Waals surface area contributed by atoms with Crippen LogP contribution in [0.15, 0.2) is 12.2 Å². The third-order valence-electron chi connectivity index (χ3n) is 2.98. The second kappa shape index (κ2) is 3.43. The largest absolute Gasteiger partial charge is 0.386 e. The summed E-state index contributed by atoms with van der Waals surface area (Å²) in [7, 11) is 0. The summed E-state index contributed by atoms with van der Waals surface area (Å²) in [6.07, 6.45) is 4.74. The molecule has 0 aromatic heterocycles. The normalized spacial score (nSPS) is 22.8. The van der Waals surface area contributed by atoms with E-state index < -0.39 is 11.2 Å². The van der Waals surface area contributed by atoms with Crippen molar-refractivity contribution in [1.82, 2.24) is 0 Å². The molecule has 0 bridgehead atoms. The molecule has 0 unspecified atom stereocenters. The smallest absolute Gasteiger partial charge is 0.0881 e. The zero-order valence-corrected chi connectivity index (χ0v) is 8.64. The average Bonchev–Trinajstić information content (AvgIpc) is 2.03. The molecule has 1 saturated carbocycles. The minimum absolute atomic E-state index is 0.569. The Balaban J connectivity index is 2.73. The number of hydrogen-bond donors (Lipinski definition) is 2. The van der Waals surface area contributed by atoms with Gasteiger partial charge in [0.15, 0.2) is 0 Å². The van der Waals surface area contributed by atoms with E-state index in [2.05, 4.69) is 6.58 Å². The second-order valence-corrected chi connectivity index (χ2v) is 4.63. The van der Waals surface area contributed by atoms with Gasteiger partial charge in [0.2, 0.25) is 0 Å². The van der Waals surface area contributed by atoms with E-state index in [1.807, 2.05) is 0 Å². The van der Waals surface area contributed by atoms with Crippen LogP contribution in [0, 0.1) is 0 Å². The van der Waals surface area contributed by atoms with Crippen LogP contribution in [0.4, 0.5) is 0 Å². The third kappa shape index (κ3) is 2.32. The summed E-state index contributed by atoms with van der Waals surface area (Å²) in [5.41, 5.74) is -1.22. The number of hydrogen-bond acceptors (Lipinski definition) is 2. The van der Waals surface area contributed by atoms with E-state index in [0.29, 0.717) is 5.57 Å². The summed E-state index contributed by atoms with van der Waals surface area (Å²) in [6, 6.07) is 0. The molecule has 2 N–H and O–H groups in total. The summed E-state index contributed by atoms with van der Waals surface area (Å²) in [5.74, 6) is 0. The van der Waals surface area contributed by atoms with Gasteiger partial charge in [0.1, 0.15) is 0 Å². The van der Waals surface area contributed by atoms with Crippen LogP contribution >= 0.6 is 0 Å². The molecule has 0 aromatic rings. The highest BCUT2D eigenvalue weighted by Gasteiger charge is 2.38. The third-order valence-corrected chi connectivity index (χ3v) is 2.98. The fraction of sp³-hybridized carbons (Fsp3) is 0.818. The molecular formula is C11H20O2. The van der Waals surface area contributed by atoms with Crippen molar-refractivity contribution in [2.24, 2.45) is 0 Å². The zero-order valence-electron chi connectivity index (χ0n) is 8.64. The average molecular weight is 184 g/mol. The minimum Gasteiger partial charge on any atom is -0.386 e. The zero-order chi connectivity index (χ0) is 10.1. The molecule has 13 heavy (non-hydrogen) atoms. The van der Waals surface area contributed by atoms with Crippen molar-refractivity contribution in [1.29, 1.82) is 0 Å². The highest BCUT2D eigenvalue weighted by Crippen LogP contribution is 2.37. The quantitative estimate of drug-likeness (QED) is 0.644. The van der Waals surface area contributed by atoms with Gasteiger partial charge in [-0.25, -0.2) is 0 Å². The van der Waals surface area contributed by atoms with Gasteiger partial charge in [0.05, 0.1) is 11.2 Å². The van der Waals surface area contributed by atoms with Gasteiger partial charge >= 0.3 is 0 Å². The van der Waals surface area contributed by atoms with Crippen LogP contribution in [0.1, 0.15) is 46.0 Å². The highest BCUT2D eigenvalue weighted by molar-refractivity contribution is 5.22. The highest BCUT2D eigenvalue weighted by atomic mass is 16.3. The van der Waals surface area contributed by atoms with Gasteiger partial charge in [-0.2, -0.15) is 0 Å². The fourth-order valence-electron chi connectivity index (χ4n) is 2.01. The maximum atomic E-state index is 10.2. The lowest BCUT2D eigenvalue weighted by Gasteiger charge is -2.39. The lowest BCUT2D eigenvalue weighted by atomic mass is 9.75. The van der Waals surface area contributed by atoms with Crippen molar-refractivity contribution in [2.75, 3.05) is 0 Å². The van der Waals surface area contributed by atoms with Gasteiger partial charge in [-0.1, -0.05) is 25.8 Å². The summed E-state index contributed by atoms with van der Waals surface area (Å²) in [5, 5.41) is 20.0. The first-order valence-electron chi connectivity index (χ1n) is 5.01. The van der Waals surface area contributed by atoms with Crippen molar-refractivity contribution < 1.29 is 10.2 Å². The molecule has 0 amide bonds. The molecule has 0 saturated heterocycles. The molecule has 1 rings (SSSR count). The Morgan fingerprint density at radius 1 is 1.23 bits per heavy atom. The number of rotatable bonds is 2. The van der Waals surface area contributed by atoms with Gasteiger partial charge in [0.25, 0.3) is 0 Å². The molecule has 2 nitrogen and oxygen atoms in total. The van der Waals surface area contributed by atoms with Crippen molar-refractivity contribution >= 4 is 0 Å². The van der Waals surface area contributed by atoms with E-state index in [0.717, 1.165) is 25.7 Å². The van der Waals surface area contributed by atoms with E-state index >= 15 is 0 Å². The SMILES string of the molecule is C=C(C(C)(C)O)C1(O)CCCCC1. The van der Waals surface area contributed by atoms with Gasteiger partial charge in [-0.3, -0.25) is 0 Å². The van der Waals surface area contributed by atoms with Gasteiger partial charge in [-0.05, 0) is 32.3 Å². The van der Waals surface area contributed by atoms with Crippen LogP contribution in [-0.4, -0.2) is 21.4 Å². The van der Waals surface area contributed by atoms with Crippen LogP contribution in [0.2, 0.25) is 0 Å². The van der Waals surface area contributed by atoms with Gasteiger partial charge < -0.3 is 10.2 Å². The Kier molecular flexibility index (Phi) is 2.83. The Morgan fingerprint density at radius 2 is 1.69 bits per heavy atom. The number of aliphatic hydroxyl groups is 2. The first kappa shape index (κ1) is 10.7. The molecule has 0 aliphatic heterocycles. The van der Waals surface area contributed by atoms with Gasteiger partial charge in [0, 0.05) is 0 Å². The van der Waals surface area contributed by atoms with Crippen LogP contribution in [0.3, 0.4) is 0 Å². The van der Waals surface area contributed by atoms with Crippen LogP contribution in [-0.2, 0) is 0 Å². The van der Waals surface area contributed by atoms with E-state index in [4.69, 9.17) is 0 Å². The molecule has 0 aromatic carbocycles. The molecule has 1 aliphatic rings. The topological polar surface area (TPSA) is 40.5 Å². The standard InChI is InChI=1S/C11H20O2/c1-9(10(2,3)12)11(13)7-5-4-6-8-11/h12-13H,1,4-8H2,2-3H3. The molecule has 0 atom stereocenters. The summed E-state index contributed by atoms with van der Waals surface area (Å²) >= 11 is 0. The second-order valence-electron chi connectivity index (χ2n) is 4.63. The van der Waals surface area contributed by atoms with Crippen LogP contribution in [0.25, 0.3) is 0 Å². The molecule has 1 fully saturated rings. The van der Waals surface area contributed by atoms with Crippen molar-refractivity contribution in [2.45, 2.75) is 57.2 Å². The molecule has 1 aliphatic carbocycles. The molecular weight excluding hydrogens is 164 g/mol. The van der Waals surface area contributed by atoms with Crippen LogP contribution in [0.5, 0.6) is 0 Å². The first-order chi connectivity index (χ1) is 5.86. The van der Waals surface area contributed by atoms with Crippen molar-refractivity contribution in [3.8, 4) is 0 Å². The van der Waals surface area contributed by atoms with E-state index in [1.165, 1.54) is 6.42 Å². The lowest BCUT2D eigenvalue weighted by molar-refractivity contribution is -0.00498. The summed E-state index contributed by atoms with van der Waals surface area (Å²) in [6.45, 7) is 7.19. The molecule has 2 heteroatoms. The van der Waals surface area contributed by atoms with E-state index in [9.17, 15) is 10.2 Å². The van der Waals surface area contributed by atoms with E-state index in [1.54, 1.807) is 13.8 Å². The monoisotopic (exact) mass is 184 g/mol. The minimum atomic E-state index is -0.966. The molecule has 0 heterocycles. The Morgan fingerprint density at radius 3 is 2.08 bits per heavy atom. The molecule has 0 radical (unpaired) electrons. The summed E-state index contributed by atoms with van der Waals surface area (Å²) < 4.78 is 0. The van der Waals surface area contributed by atoms with Gasteiger partial charge in [-0.15, -0.1) is 0 Å². The lowest BCUT2D eigenvalue weighted by Crippen LogP contribution is -2.42. The Bertz CT molecular complexity index is 195. The molecule has 76 valence electrons. The molecule has 0 spiro atoms. The predicted octanol–water partition coefficient (Wildman–Crippen LogP) is 2.01. The van der Waals surface area contributed by atoms with Crippen LogP contribution < -0.4 is 0 Å². The predicted molar refractivity (Wildman–Crippen MR) is 53.5 cm³/mol. The first-order valence-corrected chi connectivity index (χ1v) is 5.01. The summed E-state index contributed by atoms with van der Waals surface area (Å²) in [4.78, 5) is 0. The maximum absolute atomic E-state index is 10.2. The Labute approximate surface area is 80.3 Å². The Hall–Kier alpha value is -0.340. The van der Waals surface area contributed by atoms with E-state index in [-0.39, 0.29) is 0 Å². The van der Waals surface area contributed by atoms with Crippen molar-refractivity contribution in [3.63, 3.8) is 0 Å².